The van der Waals surface area contributed by atoms with Gasteiger partial charge in [0.15, 0.2) is 0 Å². The first kappa shape index (κ1) is 17.7. The first-order chi connectivity index (χ1) is 12.7. The van der Waals surface area contributed by atoms with Gasteiger partial charge >= 0.3 is 5.97 Å². The second-order valence-electron chi connectivity index (χ2n) is 5.92. The van der Waals surface area contributed by atoms with Crippen LogP contribution < -0.4 is 9.47 Å². The first-order valence-corrected chi connectivity index (χ1v) is 8.84. The zero-order chi connectivity index (χ0) is 18.4. The monoisotopic (exact) mass is 346 g/mol. The number of benzene rings is 3. The Kier molecular flexibility index (Phi) is 5.69. The number of hydrogen-bond donors (Lipinski definition) is 0. The van der Waals surface area contributed by atoms with Gasteiger partial charge < -0.3 is 9.47 Å². The van der Waals surface area contributed by atoms with Crippen LogP contribution in [0.15, 0.2) is 72.8 Å². The van der Waals surface area contributed by atoms with Crippen molar-refractivity contribution in [1.82, 2.24) is 0 Å². The molecule has 3 aromatic rings. The van der Waals surface area contributed by atoms with Crippen molar-refractivity contribution in [1.29, 1.82) is 0 Å². The molecule has 132 valence electrons. The average Bonchev–Trinajstić information content (AvgIpc) is 2.70. The molecule has 0 heterocycles. The quantitative estimate of drug-likeness (QED) is 0.434. The zero-order valence-electron chi connectivity index (χ0n) is 15.1. The summed E-state index contributed by atoms with van der Waals surface area (Å²) in [7, 11) is 0. The van der Waals surface area contributed by atoms with Crippen LogP contribution in [0.3, 0.4) is 0 Å². The number of carbonyl (C=O) groups excluding carboxylic acids is 1. The fraction of sp³-hybridized carbons (Fsp3) is 0.174. The molecule has 3 aromatic carbocycles. The number of hydrogen-bond acceptors (Lipinski definition) is 3. The summed E-state index contributed by atoms with van der Waals surface area (Å²) in [5, 5.41) is 0. The van der Waals surface area contributed by atoms with Gasteiger partial charge in [-0.1, -0.05) is 43.3 Å². The summed E-state index contributed by atoms with van der Waals surface area (Å²) in [4.78, 5) is 12.3. The molecule has 0 atom stereocenters. The molecule has 0 spiro atoms. The van der Waals surface area contributed by atoms with Gasteiger partial charge in [0, 0.05) is 0 Å². The summed E-state index contributed by atoms with van der Waals surface area (Å²) in [5.41, 5.74) is 4.04. The van der Waals surface area contributed by atoms with Crippen molar-refractivity contribution in [2.45, 2.75) is 20.3 Å². The first-order valence-electron chi connectivity index (χ1n) is 8.84. The normalized spacial score (nSPS) is 10.4. The van der Waals surface area contributed by atoms with Crippen LogP contribution in [-0.4, -0.2) is 12.6 Å². The van der Waals surface area contributed by atoms with Gasteiger partial charge in [-0.05, 0) is 66.4 Å². The van der Waals surface area contributed by atoms with Gasteiger partial charge in [0.05, 0.1) is 12.2 Å². The lowest BCUT2D eigenvalue weighted by molar-refractivity contribution is 0.0734. The topological polar surface area (TPSA) is 35.5 Å². The molecule has 0 fully saturated rings. The van der Waals surface area contributed by atoms with E-state index < -0.39 is 0 Å². The summed E-state index contributed by atoms with van der Waals surface area (Å²) in [6.07, 6.45) is 1.02. The maximum Gasteiger partial charge on any atom is 0.343 e. The van der Waals surface area contributed by atoms with E-state index in [9.17, 15) is 4.79 Å². The molecule has 3 heteroatoms. The van der Waals surface area contributed by atoms with Crippen LogP contribution in [0.1, 0.15) is 29.8 Å². The second kappa shape index (κ2) is 8.34. The van der Waals surface area contributed by atoms with Gasteiger partial charge in [-0.15, -0.1) is 0 Å². The molecule has 0 radical (unpaired) electrons. The van der Waals surface area contributed by atoms with E-state index >= 15 is 0 Å². The third kappa shape index (κ3) is 4.31. The van der Waals surface area contributed by atoms with Crippen molar-refractivity contribution in [3.8, 4) is 22.6 Å². The van der Waals surface area contributed by atoms with Crippen molar-refractivity contribution in [2.75, 3.05) is 6.61 Å². The lowest BCUT2D eigenvalue weighted by Gasteiger charge is -2.07. The SMILES string of the molecule is CCOc1ccc(OC(=O)c2ccc(-c3ccc(CC)cc3)cc2)cc1. The highest BCUT2D eigenvalue weighted by atomic mass is 16.5. The summed E-state index contributed by atoms with van der Waals surface area (Å²) in [5.74, 6) is 0.880. The Morgan fingerprint density at radius 1 is 0.731 bits per heavy atom. The smallest absolute Gasteiger partial charge is 0.343 e. The van der Waals surface area contributed by atoms with E-state index in [0.29, 0.717) is 17.9 Å². The number of aryl methyl sites for hydroxylation is 1. The van der Waals surface area contributed by atoms with E-state index in [1.807, 2.05) is 19.1 Å². The van der Waals surface area contributed by atoms with Crippen molar-refractivity contribution in [3.05, 3.63) is 83.9 Å². The van der Waals surface area contributed by atoms with Gasteiger partial charge in [-0.3, -0.25) is 0 Å². The molecule has 0 saturated heterocycles. The maximum absolute atomic E-state index is 12.3. The Morgan fingerprint density at radius 3 is 1.81 bits per heavy atom. The van der Waals surface area contributed by atoms with Crippen molar-refractivity contribution < 1.29 is 14.3 Å². The molecular formula is C23H22O3. The van der Waals surface area contributed by atoms with Gasteiger partial charge in [0.1, 0.15) is 11.5 Å². The summed E-state index contributed by atoms with van der Waals surface area (Å²) < 4.78 is 10.8. The highest BCUT2D eigenvalue weighted by Crippen LogP contribution is 2.22. The number of esters is 1. The Morgan fingerprint density at radius 2 is 1.27 bits per heavy atom. The standard InChI is InChI=1S/C23H22O3/c1-3-17-5-7-18(8-6-17)19-9-11-20(12-10-19)23(24)26-22-15-13-21(14-16-22)25-4-2/h5-16H,3-4H2,1-2H3. The van der Waals surface area contributed by atoms with Crippen LogP contribution in [-0.2, 0) is 6.42 Å². The summed E-state index contributed by atoms with van der Waals surface area (Å²) in [6.45, 7) is 4.67. The minimum Gasteiger partial charge on any atom is -0.494 e. The summed E-state index contributed by atoms with van der Waals surface area (Å²) in [6, 6.07) is 23.0. The molecule has 0 aliphatic heterocycles. The minimum atomic E-state index is -0.373. The molecule has 26 heavy (non-hydrogen) atoms. The molecule has 3 nitrogen and oxygen atoms in total. The van der Waals surface area contributed by atoms with Crippen LogP contribution in [0, 0.1) is 0 Å². The van der Waals surface area contributed by atoms with E-state index in [1.165, 1.54) is 5.56 Å². The number of ether oxygens (including phenoxy) is 2. The van der Waals surface area contributed by atoms with Gasteiger partial charge in [-0.25, -0.2) is 4.79 Å². The predicted molar refractivity (Wildman–Crippen MR) is 104 cm³/mol. The van der Waals surface area contributed by atoms with E-state index in [0.717, 1.165) is 23.3 Å². The molecule has 0 bridgehead atoms. The largest absolute Gasteiger partial charge is 0.494 e. The van der Waals surface area contributed by atoms with Crippen molar-refractivity contribution in [2.24, 2.45) is 0 Å². The highest BCUT2D eigenvalue weighted by molar-refractivity contribution is 5.91. The van der Waals surface area contributed by atoms with Crippen LogP contribution in [0.2, 0.25) is 0 Å². The van der Waals surface area contributed by atoms with Crippen LogP contribution >= 0.6 is 0 Å². The van der Waals surface area contributed by atoms with Gasteiger partial charge in [0.25, 0.3) is 0 Å². The fourth-order valence-electron chi connectivity index (χ4n) is 2.67. The van der Waals surface area contributed by atoms with Crippen molar-refractivity contribution in [3.63, 3.8) is 0 Å². The molecule has 0 aliphatic rings. The third-order valence-corrected chi connectivity index (χ3v) is 4.16. The molecule has 0 aliphatic carbocycles. The molecule has 0 aromatic heterocycles. The molecule has 0 saturated carbocycles. The molecule has 0 N–H and O–H groups in total. The number of rotatable bonds is 6. The Hall–Kier alpha value is -3.07. The minimum absolute atomic E-state index is 0.373. The molecular weight excluding hydrogens is 324 g/mol. The van der Waals surface area contributed by atoms with Gasteiger partial charge in [0.2, 0.25) is 0 Å². The van der Waals surface area contributed by atoms with Crippen LogP contribution in [0.4, 0.5) is 0 Å². The Balaban J connectivity index is 1.68. The Labute approximate surface area is 154 Å². The van der Waals surface area contributed by atoms with Crippen LogP contribution in [0.5, 0.6) is 11.5 Å². The van der Waals surface area contributed by atoms with Gasteiger partial charge in [-0.2, -0.15) is 0 Å². The van der Waals surface area contributed by atoms with E-state index in [-0.39, 0.29) is 5.97 Å². The van der Waals surface area contributed by atoms with Crippen LogP contribution in [0.25, 0.3) is 11.1 Å². The van der Waals surface area contributed by atoms with Crippen molar-refractivity contribution >= 4 is 5.97 Å². The molecule has 0 amide bonds. The summed E-state index contributed by atoms with van der Waals surface area (Å²) >= 11 is 0. The van der Waals surface area contributed by atoms with E-state index in [4.69, 9.17) is 9.47 Å². The fourth-order valence-corrected chi connectivity index (χ4v) is 2.67. The lowest BCUT2D eigenvalue weighted by Crippen LogP contribution is -2.08. The predicted octanol–water partition coefficient (Wildman–Crippen LogP) is 5.53. The Bertz CT molecular complexity index is 847. The molecule has 0 unspecified atom stereocenters. The average molecular weight is 346 g/mol. The highest BCUT2D eigenvalue weighted by Gasteiger charge is 2.09. The third-order valence-electron chi connectivity index (χ3n) is 4.16. The van der Waals surface area contributed by atoms with E-state index in [2.05, 4.69) is 31.2 Å². The zero-order valence-corrected chi connectivity index (χ0v) is 15.1. The van der Waals surface area contributed by atoms with E-state index in [1.54, 1.807) is 36.4 Å². The lowest BCUT2D eigenvalue weighted by atomic mass is 10.0. The molecule has 3 rings (SSSR count). The number of carbonyl (C=O) groups is 1. The second-order valence-corrected chi connectivity index (χ2v) is 5.92. The maximum atomic E-state index is 12.3.